The summed E-state index contributed by atoms with van der Waals surface area (Å²) in [7, 11) is -3.71. The van der Waals surface area contributed by atoms with Crippen LogP contribution in [0.4, 0.5) is 5.69 Å². The second kappa shape index (κ2) is 7.17. The predicted molar refractivity (Wildman–Crippen MR) is 79.9 cm³/mol. The van der Waals surface area contributed by atoms with Gasteiger partial charge in [0.1, 0.15) is 10.6 Å². The number of benzene rings is 1. The van der Waals surface area contributed by atoms with Gasteiger partial charge in [0.15, 0.2) is 0 Å². The van der Waals surface area contributed by atoms with Gasteiger partial charge in [0.2, 0.25) is 10.0 Å². The van der Waals surface area contributed by atoms with Crippen molar-refractivity contribution in [1.82, 2.24) is 4.31 Å². The molecular formula is C14H20N2O3S. The monoisotopic (exact) mass is 296 g/mol. The van der Waals surface area contributed by atoms with Crippen molar-refractivity contribution >= 4 is 15.7 Å². The molecule has 0 amide bonds. The van der Waals surface area contributed by atoms with Crippen LogP contribution in [0.2, 0.25) is 0 Å². The van der Waals surface area contributed by atoms with Gasteiger partial charge in [0, 0.05) is 12.2 Å². The fourth-order valence-electron chi connectivity index (χ4n) is 1.78. The number of terminal acetylenes is 1. The number of nitrogens with two attached hydrogens (primary N) is 1. The highest BCUT2D eigenvalue weighted by molar-refractivity contribution is 7.89. The first-order valence-electron chi connectivity index (χ1n) is 6.43. The zero-order valence-electron chi connectivity index (χ0n) is 11.8. The van der Waals surface area contributed by atoms with E-state index in [9.17, 15) is 8.42 Å². The van der Waals surface area contributed by atoms with Gasteiger partial charge in [-0.1, -0.05) is 12.8 Å². The van der Waals surface area contributed by atoms with E-state index in [1.807, 2.05) is 6.92 Å². The predicted octanol–water partition coefficient (Wildman–Crippen LogP) is 1.70. The van der Waals surface area contributed by atoms with Crippen molar-refractivity contribution in [2.45, 2.75) is 25.2 Å². The molecule has 6 heteroatoms. The number of nitrogens with zero attached hydrogens (tertiary/aromatic N) is 1. The smallest absolute Gasteiger partial charge is 0.247 e. The van der Waals surface area contributed by atoms with Gasteiger partial charge in [-0.25, -0.2) is 8.42 Å². The van der Waals surface area contributed by atoms with Crippen LogP contribution in [0.25, 0.3) is 0 Å². The molecule has 0 aliphatic carbocycles. The Balaban J connectivity index is 3.32. The van der Waals surface area contributed by atoms with E-state index in [2.05, 4.69) is 5.92 Å². The number of ether oxygens (including phenoxy) is 1. The maximum Gasteiger partial charge on any atom is 0.247 e. The van der Waals surface area contributed by atoms with Crippen molar-refractivity contribution in [3.63, 3.8) is 0 Å². The summed E-state index contributed by atoms with van der Waals surface area (Å²) in [5.74, 6) is 2.66. The van der Waals surface area contributed by atoms with Gasteiger partial charge in [0.25, 0.3) is 0 Å². The molecule has 110 valence electrons. The number of hydrogen-bond acceptors (Lipinski definition) is 4. The molecule has 1 rings (SSSR count). The molecule has 0 aliphatic rings. The lowest BCUT2D eigenvalue weighted by Crippen LogP contribution is -2.32. The highest BCUT2D eigenvalue weighted by Gasteiger charge is 2.27. The first kappa shape index (κ1) is 16.3. The normalized spacial score (nSPS) is 11.3. The molecule has 1 aromatic rings. The molecule has 20 heavy (non-hydrogen) atoms. The minimum Gasteiger partial charge on any atom is -0.492 e. The van der Waals surface area contributed by atoms with E-state index in [1.165, 1.54) is 10.4 Å². The van der Waals surface area contributed by atoms with Crippen LogP contribution in [0.5, 0.6) is 5.75 Å². The number of anilines is 1. The van der Waals surface area contributed by atoms with E-state index in [1.54, 1.807) is 19.1 Å². The molecule has 2 N–H and O–H groups in total. The Hall–Kier alpha value is -1.71. The van der Waals surface area contributed by atoms with Crippen LogP contribution in [0.15, 0.2) is 23.1 Å². The molecule has 0 saturated carbocycles. The minimum atomic E-state index is -3.71. The summed E-state index contributed by atoms with van der Waals surface area (Å²) in [6, 6.07) is 4.57. The topological polar surface area (TPSA) is 72.6 Å². The number of hydrogen-bond donors (Lipinski definition) is 1. The van der Waals surface area contributed by atoms with Gasteiger partial charge in [-0.05, 0) is 31.5 Å². The summed E-state index contributed by atoms with van der Waals surface area (Å²) in [6.07, 6.45) is 5.92. The average molecular weight is 296 g/mol. The van der Waals surface area contributed by atoms with Crippen LogP contribution in [0.1, 0.15) is 20.3 Å². The summed E-state index contributed by atoms with van der Waals surface area (Å²) in [4.78, 5) is 0.0584. The van der Waals surface area contributed by atoms with Crippen molar-refractivity contribution in [3.8, 4) is 18.1 Å². The van der Waals surface area contributed by atoms with Gasteiger partial charge >= 0.3 is 0 Å². The van der Waals surface area contributed by atoms with E-state index in [0.717, 1.165) is 0 Å². The molecule has 0 heterocycles. The van der Waals surface area contributed by atoms with Crippen LogP contribution < -0.4 is 10.5 Å². The highest BCUT2D eigenvalue weighted by atomic mass is 32.2. The van der Waals surface area contributed by atoms with Crippen LogP contribution in [0.3, 0.4) is 0 Å². The number of sulfonamides is 1. The first-order chi connectivity index (χ1) is 9.47. The van der Waals surface area contributed by atoms with Gasteiger partial charge in [-0.15, -0.1) is 6.42 Å². The lowest BCUT2D eigenvalue weighted by molar-refractivity contribution is 0.329. The third-order valence-corrected chi connectivity index (χ3v) is 4.49. The molecule has 0 aromatic heterocycles. The Kier molecular flexibility index (Phi) is 5.86. The van der Waals surface area contributed by atoms with Crippen LogP contribution in [0, 0.1) is 12.3 Å². The number of rotatable bonds is 7. The minimum absolute atomic E-state index is 0.0243. The Morgan fingerprint density at radius 1 is 1.40 bits per heavy atom. The first-order valence-corrected chi connectivity index (χ1v) is 7.87. The molecule has 0 fully saturated rings. The third kappa shape index (κ3) is 3.65. The summed E-state index contributed by atoms with van der Waals surface area (Å²) < 4.78 is 31.9. The Bertz CT molecular complexity index is 591. The highest BCUT2D eigenvalue weighted by Crippen LogP contribution is 2.29. The molecule has 1 aromatic carbocycles. The van der Waals surface area contributed by atoms with Gasteiger partial charge in [0.05, 0.1) is 13.2 Å². The summed E-state index contributed by atoms with van der Waals surface area (Å²) in [5.41, 5.74) is 6.05. The second-order valence-corrected chi connectivity index (χ2v) is 6.09. The van der Waals surface area contributed by atoms with Crippen molar-refractivity contribution in [1.29, 1.82) is 0 Å². The molecule has 0 aliphatic heterocycles. The van der Waals surface area contributed by atoms with E-state index in [0.29, 0.717) is 31.0 Å². The maximum atomic E-state index is 12.7. The molecule has 0 bridgehead atoms. The zero-order chi connectivity index (χ0) is 15.2. The Morgan fingerprint density at radius 3 is 2.65 bits per heavy atom. The van der Waals surface area contributed by atoms with Crippen LogP contribution in [-0.4, -0.2) is 32.4 Å². The van der Waals surface area contributed by atoms with Crippen molar-refractivity contribution in [2.24, 2.45) is 0 Å². The van der Waals surface area contributed by atoms with Crippen molar-refractivity contribution < 1.29 is 13.2 Å². The fraction of sp³-hybridized carbons (Fsp3) is 0.429. The Labute approximate surface area is 120 Å². The molecule has 0 atom stereocenters. The van der Waals surface area contributed by atoms with Crippen LogP contribution in [-0.2, 0) is 10.0 Å². The lowest BCUT2D eigenvalue weighted by Gasteiger charge is -2.21. The molecule has 0 radical (unpaired) electrons. The molecule has 0 saturated heterocycles. The Morgan fingerprint density at radius 2 is 2.10 bits per heavy atom. The van der Waals surface area contributed by atoms with Crippen molar-refractivity contribution in [3.05, 3.63) is 18.2 Å². The average Bonchev–Trinajstić information content (AvgIpc) is 2.40. The van der Waals surface area contributed by atoms with Gasteiger partial charge < -0.3 is 10.5 Å². The molecule has 5 nitrogen and oxygen atoms in total. The fourth-order valence-corrected chi connectivity index (χ4v) is 3.39. The molecule has 0 spiro atoms. The van der Waals surface area contributed by atoms with E-state index in [4.69, 9.17) is 16.9 Å². The number of nitrogen functional groups attached to an aromatic ring is 1. The lowest BCUT2D eigenvalue weighted by atomic mass is 10.3. The third-order valence-electron chi connectivity index (χ3n) is 2.63. The SMILES string of the molecule is C#CCN(CCC)S(=O)(=O)c1cc(N)ccc1OCC. The molecular weight excluding hydrogens is 276 g/mol. The largest absolute Gasteiger partial charge is 0.492 e. The van der Waals surface area contributed by atoms with Crippen LogP contribution >= 0.6 is 0 Å². The van der Waals surface area contributed by atoms with Gasteiger partial charge in [-0.3, -0.25) is 0 Å². The quantitative estimate of drug-likeness (QED) is 0.614. The zero-order valence-corrected chi connectivity index (χ0v) is 12.6. The van der Waals surface area contributed by atoms with Gasteiger partial charge in [-0.2, -0.15) is 4.31 Å². The standard InChI is InChI=1S/C14H20N2O3S/c1-4-9-16(10-5-2)20(17,18)14-11-12(15)7-8-13(14)19-6-3/h1,7-8,11H,5-6,9-10,15H2,2-3H3. The van der Waals surface area contributed by atoms with E-state index in [-0.39, 0.29) is 11.4 Å². The summed E-state index contributed by atoms with van der Waals surface area (Å²) in [6.45, 7) is 4.43. The van der Waals surface area contributed by atoms with E-state index >= 15 is 0 Å². The second-order valence-electron chi connectivity index (χ2n) is 4.18. The molecule has 0 unspecified atom stereocenters. The maximum absolute atomic E-state index is 12.7. The van der Waals surface area contributed by atoms with Crippen molar-refractivity contribution in [2.75, 3.05) is 25.4 Å². The summed E-state index contributed by atoms with van der Waals surface area (Å²) in [5, 5.41) is 0. The van der Waals surface area contributed by atoms with E-state index < -0.39 is 10.0 Å². The summed E-state index contributed by atoms with van der Waals surface area (Å²) >= 11 is 0.